The average molecular weight is 171 g/mol. The smallest absolute Gasteiger partial charge is 0.139 e. The molecule has 0 aromatic rings. The topological polar surface area (TPSA) is 29.1 Å². The highest BCUT2D eigenvalue weighted by Gasteiger charge is 2.27. The van der Waals surface area contributed by atoms with Crippen molar-refractivity contribution in [1.82, 2.24) is 5.32 Å². The van der Waals surface area contributed by atoms with E-state index in [9.17, 15) is 4.79 Å². The minimum atomic E-state index is -0.362. The molecular formula is C10H21NO. The molecule has 0 aliphatic rings. The lowest BCUT2D eigenvalue weighted by atomic mass is 9.93. The molecule has 0 aliphatic heterocycles. The van der Waals surface area contributed by atoms with E-state index in [2.05, 4.69) is 26.1 Å². The van der Waals surface area contributed by atoms with Gasteiger partial charge >= 0.3 is 0 Å². The van der Waals surface area contributed by atoms with Crippen molar-refractivity contribution in [3.63, 3.8) is 0 Å². The number of rotatable bonds is 5. The molecule has 0 radical (unpaired) electrons. The number of hydrogen-bond acceptors (Lipinski definition) is 2. The molecule has 0 bridgehead atoms. The predicted octanol–water partition coefficient (Wildman–Crippen LogP) is 2.13. The van der Waals surface area contributed by atoms with Gasteiger partial charge in [0.1, 0.15) is 6.29 Å². The Morgan fingerprint density at radius 1 is 1.17 bits per heavy atom. The Labute approximate surface area is 75.7 Å². The monoisotopic (exact) mass is 171 g/mol. The van der Waals surface area contributed by atoms with E-state index >= 15 is 0 Å². The molecule has 0 fully saturated rings. The summed E-state index contributed by atoms with van der Waals surface area (Å²) >= 11 is 0. The maximum atomic E-state index is 10.8. The van der Waals surface area contributed by atoms with Crippen LogP contribution in [0.2, 0.25) is 0 Å². The van der Waals surface area contributed by atoms with E-state index in [0.717, 1.165) is 19.1 Å². The number of hydrogen-bond donors (Lipinski definition) is 1. The Morgan fingerprint density at radius 3 is 1.92 bits per heavy atom. The van der Waals surface area contributed by atoms with Gasteiger partial charge in [-0.05, 0) is 33.6 Å². The summed E-state index contributed by atoms with van der Waals surface area (Å²) in [4.78, 5) is 10.8. The summed E-state index contributed by atoms with van der Waals surface area (Å²) in [5.41, 5.74) is -0.314. The van der Waals surface area contributed by atoms with Gasteiger partial charge in [-0.3, -0.25) is 0 Å². The quantitative estimate of drug-likeness (QED) is 0.642. The van der Waals surface area contributed by atoms with Crippen molar-refractivity contribution in [3.8, 4) is 0 Å². The van der Waals surface area contributed by atoms with E-state index in [0.29, 0.717) is 0 Å². The van der Waals surface area contributed by atoms with E-state index in [1.54, 1.807) is 0 Å². The molecule has 0 rings (SSSR count). The third-order valence-corrected chi connectivity index (χ3v) is 2.50. The molecule has 0 spiro atoms. The average Bonchev–Trinajstić information content (AvgIpc) is 2.04. The Kier molecular flexibility index (Phi) is 3.91. The minimum Gasteiger partial charge on any atom is -0.301 e. The van der Waals surface area contributed by atoms with Crippen LogP contribution in [0.15, 0.2) is 0 Å². The van der Waals surface area contributed by atoms with Gasteiger partial charge in [0.2, 0.25) is 0 Å². The van der Waals surface area contributed by atoms with Crippen LogP contribution in [0.1, 0.15) is 47.5 Å². The molecule has 0 aromatic carbocycles. The van der Waals surface area contributed by atoms with Gasteiger partial charge in [0.15, 0.2) is 0 Å². The van der Waals surface area contributed by atoms with Gasteiger partial charge in [0.05, 0.1) is 5.54 Å². The fourth-order valence-corrected chi connectivity index (χ4v) is 1.06. The van der Waals surface area contributed by atoms with Crippen molar-refractivity contribution in [2.45, 2.75) is 58.5 Å². The maximum Gasteiger partial charge on any atom is 0.139 e. The summed E-state index contributed by atoms with van der Waals surface area (Å²) < 4.78 is 0. The molecule has 1 atom stereocenters. The molecule has 2 heteroatoms. The van der Waals surface area contributed by atoms with Gasteiger partial charge in [-0.25, -0.2) is 0 Å². The molecular weight excluding hydrogens is 150 g/mol. The summed E-state index contributed by atoms with van der Waals surface area (Å²) in [6.45, 7) is 10.3. The lowest BCUT2D eigenvalue weighted by Gasteiger charge is -2.34. The summed E-state index contributed by atoms with van der Waals surface area (Å²) in [7, 11) is 0. The second kappa shape index (κ2) is 4.04. The normalized spacial score (nSPS) is 17.1. The van der Waals surface area contributed by atoms with Crippen molar-refractivity contribution in [2.24, 2.45) is 0 Å². The Hall–Kier alpha value is -0.370. The summed E-state index contributed by atoms with van der Waals surface area (Å²) in [6.07, 6.45) is 2.86. The van der Waals surface area contributed by atoms with Crippen molar-refractivity contribution in [2.75, 3.05) is 0 Å². The molecule has 0 amide bonds. The number of carbonyl (C=O) groups is 1. The molecule has 0 saturated carbocycles. The van der Waals surface area contributed by atoms with Gasteiger partial charge in [-0.15, -0.1) is 0 Å². The molecule has 0 heterocycles. The molecule has 0 aromatic heterocycles. The first-order valence-corrected chi connectivity index (χ1v) is 4.65. The SMILES string of the molecule is CCC(C)(C)NC(C)(C=O)CC. The highest BCUT2D eigenvalue weighted by atomic mass is 16.1. The molecule has 2 nitrogen and oxygen atoms in total. The van der Waals surface area contributed by atoms with E-state index in [4.69, 9.17) is 0 Å². The second-order valence-corrected chi connectivity index (χ2v) is 4.25. The van der Waals surface area contributed by atoms with Gasteiger partial charge in [-0.2, -0.15) is 0 Å². The highest BCUT2D eigenvalue weighted by Crippen LogP contribution is 2.15. The zero-order valence-corrected chi connectivity index (χ0v) is 8.90. The van der Waals surface area contributed by atoms with Gasteiger partial charge in [0.25, 0.3) is 0 Å². The van der Waals surface area contributed by atoms with E-state index in [1.807, 2.05) is 13.8 Å². The first-order chi connectivity index (χ1) is 5.39. The Balaban J connectivity index is 4.29. The van der Waals surface area contributed by atoms with E-state index in [1.165, 1.54) is 0 Å². The zero-order valence-electron chi connectivity index (χ0n) is 8.90. The first kappa shape index (κ1) is 11.6. The van der Waals surface area contributed by atoms with Gasteiger partial charge in [0, 0.05) is 5.54 Å². The highest BCUT2D eigenvalue weighted by molar-refractivity contribution is 5.63. The standard InChI is InChI=1S/C10H21NO/c1-6-9(3,4)11-10(5,7-2)8-12/h8,11H,6-7H2,1-5H3. The fraction of sp³-hybridized carbons (Fsp3) is 0.900. The van der Waals surface area contributed by atoms with Crippen LogP contribution in [0.4, 0.5) is 0 Å². The Bertz CT molecular complexity index is 154. The van der Waals surface area contributed by atoms with Crippen LogP contribution in [0.25, 0.3) is 0 Å². The Morgan fingerprint density at radius 2 is 1.67 bits per heavy atom. The van der Waals surface area contributed by atoms with Crippen LogP contribution < -0.4 is 5.32 Å². The van der Waals surface area contributed by atoms with E-state index < -0.39 is 0 Å². The summed E-state index contributed by atoms with van der Waals surface area (Å²) in [5.74, 6) is 0. The third kappa shape index (κ3) is 3.35. The maximum absolute atomic E-state index is 10.8. The molecule has 0 aliphatic carbocycles. The van der Waals surface area contributed by atoms with Gasteiger partial charge in [-0.1, -0.05) is 13.8 Å². The van der Waals surface area contributed by atoms with Crippen LogP contribution in [-0.4, -0.2) is 17.4 Å². The third-order valence-electron chi connectivity index (χ3n) is 2.50. The first-order valence-electron chi connectivity index (χ1n) is 4.65. The second-order valence-electron chi connectivity index (χ2n) is 4.25. The largest absolute Gasteiger partial charge is 0.301 e. The lowest BCUT2D eigenvalue weighted by molar-refractivity contribution is -0.113. The van der Waals surface area contributed by atoms with Gasteiger partial charge < -0.3 is 10.1 Å². The van der Waals surface area contributed by atoms with Crippen LogP contribution >= 0.6 is 0 Å². The zero-order chi connectivity index (χ0) is 9.83. The summed E-state index contributed by atoms with van der Waals surface area (Å²) in [5, 5.41) is 3.35. The predicted molar refractivity (Wildman–Crippen MR) is 52.3 cm³/mol. The van der Waals surface area contributed by atoms with Crippen molar-refractivity contribution in [1.29, 1.82) is 0 Å². The minimum absolute atomic E-state index is 0.0473. The van der Waals surface area contributed by atoms with Crippen LogP contribution in [0, 0.1) is 0 Å². The number of nitrogens with one attached hydrogen (secondary N) is 1. The van der Waals surface area contributed by atoms with Crippen molar-refractivity contribution < 1.29 is 4.79 Å². The molecule has 1 N–H and O–H groups in total. The fourth-order valence-electron chi connectivity index (χ4n) is 1.06. The molecule has 72 valence electrons. The van der Waals surface area contributed by atoms with Crippen molar-refractivity contribution in [3.05, 3.63) is 0 Å². The van der Waals surface area contributed by atoms with Crippen LogP contribution in [0.5, 0.6) is 0 Å². The van der Waals surface area contributed by atoms with Crippen molar-refractivity contribution >= 4 is 6.29 Å². The molecule has 1 unspecified atom stereocenters. The number of carbonyl (C=O) groups excluding carboxylic acids is 1. The number of aldehydes is 1. The lowest BCUT2D eigenvalue weighted by Crippen LogP contribution is -2.54. The molecule has 0 saturated heterocycles. The van der Waals surface area contributed by atoms with Crippen LogP contribution in [-0.2, 0) is 4.79 Å². The van der Waals surface area contributed by atoms with Crippen LogP contribution in [0.3, 0.4) is 0 Å². The molecule has 12 heavy (non-hydrogen) atoms. The van der Waals surface area contributed by atoms with E-state index in [-0.39, 0.29) is 11.1 Å². The summed E-state index contributed by atoms with van der Waals surface area (Å²) in [6, 6.07) is 0.